The van der Waals surface area contributed by atoms with Crippen molar-refractivity contribution in [2.24, 2.45) is 4.99 Å². The van der Waals surface area contributed by atoms with Gasteiger partial charge in [-0.25, -0.2) is 0 Å². The fourth-order valence-electron chi connectivity index (χ4n) is 0.720. The third-order valence-electron chi connectivity index (χ3n) is 1.50. The number of hydrogen-bond donors (Lipinski definition) is 0. The van der Waals surface area contributed by atoms with Gasteiger partial charge in [0.25, 0.3) is 0 Å². The van der Waals surface area contributed by atoms with Gasteiger partial charge in [0.15, 0.2) is 0 Å². The zero-order chi connectivity index (χ0) is 6.69. The van der Waals surface area contributed by atoms with Gasteiger partial charge in [-0.05, 0) is 25.8 Å². The summed E-state index contributed by atoms with van der Waals surface area (Å²) >= 11 is 0. The fraction of sp³-hybridized carbons (Fsp3) is 0.375. The van der Waals surface area contributed by atoms with Gasteiger partial charge in [0.1, 0.15) is 0 Å². The van der Waals surface area contributed by atoms with E-state index in [1.165, 1.54) is 5.57 Å². The summed E-state index contributed by atoms with van der Waals surface area (Å²) in [5.41, 5.74) is 2.42. The minimum atomic E-state index is 1.02. The highest BCUT2D eigenvalue weighted by Crippen LogP contribution is 2.03. The van der Waals surface area contributed by atoms with E-state index in [9.17, 15) is 0 Å². The maximum atomic E-state index is 4.17. The molecule has 1 aliphatic heterocycles. The topological polar surface area (TPSA) is 12.4 Å². The van der Waals surface area contributed by atoms with Crippen LogP contribution in [0, 0.1) is 0 Å². The molecule has 0 atom stereocenters. The van der Waals surface area contributed by atoms with E-state index in [1.807, 2.05) is 13.1 Å². The Morgan fingerprint density at radius 3 is 3.00 bits per heavy atom. The molecule has 9 heavy (non-hydrogen) atoms. The summed E-state index contributed by atoms with van der Waals surface area (Å²) in [6, 6.07) is 0. The summed E-state index contributed by atoms with van der Waals surface area (Å²) in [4.78, 5) is 4.17. The van der Waals surface area contributed by atoms with Gasteiger partial charge >= 0.3 is 0 Å². The van der Waals surface area contributed by atoms with Crippen LogP contribution in [0.3, 0.4) is 0 Å². The first-order valence-electron chi connectivity index (χ1n) is 3.17. The molecule has 0 aromatic carbocycles. The SMILES string of the molecule is CC1=CCC=CN=C1C. The first-order chi connectivity index (χ1) is 4.30. The molecule has 0 N–H and O–H groups in total. The summed E-state index contributed by atoms with van der Waals surface area (Å²) in [5.74, 6) is 0. The summed E-state index contributed by atoms with van der Waals surface area (Å²) in [7, 11) is 0. The van der Waals surface area contributed by atoms with Gasteiger partial charge in [0.05, 0.1) is 0 Å². The Kier molecular flexibility index (Phi) is 1.83. The van der Waals surface area contributed by atoms with E-state index in [2.05, 4.69) is 24.1 Å². The van der Waals surface area contributed by atoms with Gasteiger partial charge in [0, 0.05) is 11.9 Å². The van der Waals surface area contributed by atoms with Gasteiger partial charge < -0.3 is 0 Å². The van der Waals surface area contributed by atoms with Crippen LogP contribution in [-0.2, 0) is 0 Å². The van der Waals surface area contributed by atoms with Crippen LogP contribution < -0.4 is 0 Å². The third-order valence-corrected chi connectivity index (χ3v) is 1.50. The maximum Gasteiger partial charge on any atom is 0.0398 e. The molecule has 0 unspecified atom stereocenters. The molecule has 1 nitrogen and oxygen atoms in total. The fourth-order valence-corrected chi connectivity index (χ4v) is 0.720. The van der Waals surface area contributed by atoms with Crippen LogP contribution in [0.5, 0.6) is 0 Å². The largest absolute Gasteiger partial charge is 0.262 e. The van der Waals surface area contributed by atoms with Crippen molar-refractivity contribution < 1.29 is 0 Å². The Morgan fingerprint density at radius 2 is 2.22 bits per heavy atom. The molecule has 0 saturated carbocycles. The molecule has 1 rings (SSSR count). The Labute approximate surface area is 55.8 Å². The van der Waals surface area contributed by atoms with Crippen molar-refractivity contribution in [3.05, 3.63) is 23.9 Å². The quantitative estimate of drug-likeness (QED) is 0.466. The van der Waals surface area contributed by atoms with Crippen LogP contribution in [0.4, 0.5) is 0 Å². The molecule has 1 aliphatic rings. The number of hydrogen-bond acceptors (Lipinski definition) is 1. The highest BCUT2D eigenvalue weighted by molar-refractivity contribution is 5.98. The average Bonchev–Trinajstić information content (AvgIpc) is 1.99. The summed E-state index contributed by atoms with van der Waals surface area (Å²) < 4.78 is 0. The molecule has 1 heterocycles. The minimum absolute atomic E-state index is 1.02. The van der Waals surface area contributed by atoms with E-state index < -0.39 is 0 Å². The second-order valence-corrected chi connectivity index (χ2v) is 2.22. The highest BCUT2D eigenvalue weighted by Gasteiger charge is 1.93. The maximum absolute atomic E-state index is 4.17. The lowest BCUT2D eigenvalue weighted by Gasteiger charge is -1.93. The van der Waals surface area contributed by atoms with E-state index in [-0.39, 0.29) is 0 Å². The van der Waals surface area contributed by atoms with Gasteiger partial charge in [-0.2, -0.15) is 0 Å². The van der Waals surface area contributed by atoms with Crippen molar-refractivity contribution in [3.8, 4) is 0 Å². The molecule has 0 radical (unpaired) electrons. The average molecular weight is 121 g/mol. The summed E-state index contributed by atoms with van der Waals surface area (Å²) in [5, 5.41) is 0. The van der Waals surface area contributed by atoms with Crippen LogP contribution in [0.15, 0.2) is 28.9 Å². The molecular weight excluding hydrogens is 110 g/mol. The van der Waals surface area contributed by atoms with Crippen molar-refractivity contribution in [1.82, 2.24) is 0 Å². The number of aliphatic imine (C=N–C) groups is 1. The first-order valence-corrected chi connectivity index (χ1v) is 3.17. The molecule has 0 spiro atoms. The van der Waals surface area contributed by atoms with Gasteiger partial charge in [-0.1, -0.05) is 12.2 Å². The van der Waals surface area contributed by atoms with Crippen molar-refractivity contribution in [2.75, 3.05) is 0 Å². The Hall–Kier alpha value is -0.850. The molecule has 0 aromatic rings. The predicted molar refractivity (Wildman–Crippen MR) is 40.6 cm³/mol. The molecular formula is C8H11N. The monoisotopic (exact) mass is 121 g/mol. The van der Waals surface area contributed by atoms with Crippen molar-refractivity contribution in [2.45, 2.75) is 20.3 Å². The second-order valence-electron chi connectivity index (χ2n) is 2.22. The summed E-state index contributed by atoms with van der Waals surface area (Å²) in [6.45, 7) is 4.12. The van der Waals surface area contributed by atoms with Gasteiger partial charge in [-0.3, -0.25) is 4.99 Å². The molecule has 0 aromatic heterocycles. The number of nitrogens with zero attached hydrogens (tertiary/aromatic N) is 1. The minimum Gasteiger partial charge on any atom is -0.262 e. The second kappa shape index (κ2) is 2.62. The molecule has 1 heteroatoms. The Morgan fingerprint density at radius 1 is 1.44 bits per heavy atom. The predicted octanol–water partition coefficient (Wildman–Crippen LogP) is 2.31. The van der Waals surface area contributed by atoms with Crippen molar-refractivity contribution in [3.63, 3.8) is 0 Å². The van der Waals surface area contributed by atoms with Gasteiger partial charge in [0.2, 0.25) is 0 Å². The number of allylic oxidation sites excluding steroid dienone is 3. The Balaban J connectivity index is 2.85. The lowest BCUT2D eigenvalue weighted by Crippen LogP contribution is -1.89. The Bertz CT molecular complexity index is 185. The summed E-state index contributed by atoms with van der Waals surface area (Å²) in [6.07, 6.45) is 7.12. The van der Waals surface area contributed by atoms with Gasteiger partial charge in [-0.15, -0.1) is 0 Å². The first kappa shape index (κ1) is 6.27. The van der Waals surface area contributed by atoms with E-state index in [0.29, 0.717) is 0 Å². The molecule has 0 amide bonds. The standard InChI is InChI=1S/C8H11N/c1-7-5-3-4-6-9-8(7)2/h4-6H,3H2,1-2H3. The van der Waals surface area contributed by atoms with Crippen LogP contribution in [0.25, 0.3) is 0 Å². The zero-order valence-electron chi connectivity index (χ0n) is 5.89. The molecule has 0 aliphatic carbocycles. The van der Waals surface area contributed by atoms with Crippen LogP contribution in [0.2, 0.25) is 0 Å². The lowest BCUT2D eigenvalue weighted by molar-refractivity contribution is 1.36. The number of rotatable bonds is 0. The van der Waals surface area contributed by atoms with Crippen LogP contribution in [-0.4, -0.2) is 5.71 Å². The van der Waals surface area contributed by atoms with E-state index in [4.69, 9.17) is 0 Å². The highest BCUT2D eigenvalue weighted by atomic mass is 14.7. The molecule has 0 bridgehead atoms. The smallest absolute Gasteiger partial charge is 0.0398 e. The van der Waals surface area contributed by atoms with E-state index in [0.717, 1.165) is 12.1 Å². The van der Waals surface area contributed by atoms with Crippen LogP contribution in [0.1, 0.15) is 20.3 Å². The lowest BCUT2D eigenvalue weighted by atomic mass is 10.2. The molecule has 0 saturated heterocycles. The molecule has 48 valence electrons. The normalized spacial score (nSPS) is 18.4. The van der Waals surface area contributed by atoms with Crippen molar-refractivity contribution in [1.29, 1.82) is 0 Å². The molecule has 0 fully saturated rings. The third kappa shape index (κ3) is 1.53. The van der Waals surface area contributed by atoms with Crippen molar-refractivity contribution >= 4 is 5.71 Å². The van der Waals surface area contributed by atoms with E-state index >= 15 is 0 Å². The zero-order valence-corrected chi connectivity index (χ0v) is 5.89. The van der Waals surface area contributed by atoms with E-state index in [1.54, 1.807) is 0 Å². The van der Waals surface area contributed by atoms with Crippen LogP contribution >= 0.6 is 0 Å².